The molecule has 0 bridgehead atoms. The second-order valence-corrected chi connectivity index (χ2v) is 5.76. The molecule has 0 atom stereocenters. The third-order valence-corrected chi connectivity index (χ3v) is 4.16. The van der Waals surface area contributed by atoms with E-state index >= 15 is 0 Å². The normalized spacial score (nSPS) is 16.1. The van der Waals surface area contributed by atoms with Crippen molar-refractivity contribution in [2.75, 3.05) is 32.0 Å². The van der Waals surface area contributed by atoms with Gasteiger partial charge in [-0.2, -0.15) is 0 Å². The van der Waals surface area contributed by atoms with Crippen LogP contribution in [0.25, 0.3) is 0 Å². The van der Waals surface area contributed by atoms with Crippen molar-refractivity contribution in [3.05, 3.63) is 26.4 Å². The SMILES string of the molecule is CCCCCn1c(=O)c(CN2CCOCC2)c(N)n(C)c1=O. The van der Waals surface area contributed by atoms with Crippen LogP contribution < -0.4 is 17.0 Å². The number of aromatic nitrogens is 2. The summed E-state index contributed by atoms with van der Waals surface area (Å²) in [5.74, 6) is 0.272. The summed E-state index contributed by atoms with van der Waals surface area (Å²) in [6, 6.07) is 0. The first kappa shape index (κ1) is 16.8. The fourth-order valence-corrected chi connectivity index (χ4v) is 2.69. The highest BCUT2D eigenvalue weighted by Crippen LogP contribution is 2.09. The van der Waals surface area contributed by atoms with Crippen LogP contribution in [0.1, 0.15) is 31.7 Å². The molecule has 22 heavy (non-hydrogen) atoms. The number of hydrogen-bond acceptors (Lipinski definition) is 5. The van der Waals surface area contributed by atoms with Crippen LogP contribution in [0.4, 0.5) is 5.82 Å². The Morgan fingerprint density at radius 3 is 2.50 bits per heavy atom. The van der Waals surface area contributed by atoms with Crippen molar-refractivity contribution in [1.82, 2.24) is 14.0 Å². The first-order valence-corrected chi connectivity index (χ1v) is 7.94. The van der Waals surface area contributed by atoms with E-state index in [0.29, 0.717) is 31.9 Å². The molecule has 0 aromatic carbocycles. The first-order valence-electron chi connectivity index (χ1n) is 7.94. The highest BCUT2D eigenvalue weighted by atomic mass is 16.5. The van der Waals surface area contributed by atoms with Gasteiger partial charge in [-0.15, -0.1) is 0 Å². The minimum atomic E-state index is -0.329. The molecule has 2 rings (SSSR count). The Kier molecular flexibility index (Phi) is 5.79. The highest BCUT2D eigenvalue weighted by molar-refractivity contribution is 5.38. The third kappa shape index (κ3) is 3.59. The lowest BCUT2D eigenvalue weighted by Crippen LogP contribution is -2.44. The summed E-state index contributed by atoms with van der Waals surface area (Å²) in [5, 5.41) is 0. The molecule has 1 saturated heterocycles. The maximum Gasteiger partial charge on any atom is 0.332 e. The number of hydrogen-bond donors (Lipinski definition) is 1. The zero-order valence-electron chi connectivity index (χ0n) is 13.5. The monoisotopic (exact) mass is 310 g/mol. The summed E-state index contributed by atoms with van der Waals surface area (Å²) >= 11 is 0. The van der Waals surface area contributed by atoms with Gasteiger partial charge in [-0.25, -0.2) is 4.79 Å². The molecule has 1 fully saturated rings. The van der Waals surface area contributed by atoms with Gasteiger partial charge in [0.05, 0.1) is 18.8 Å². The van der Waals surface area contributed by atoms with E-state index in [-0.39, 0.29) is 17.1 Å². The van der Waals surface area contributed by atoms with Gasteiger partial charge in [0.1, 0.15) is 5.82 Å². The van der Waals surface area contributed by atoms with Crippen LogP contribution in [0, 0.1) is 0 Å². The first-order chi connectivity index (χ1) is 10.6. The molecule has 124 valence electrons. The zero-order valence-corrected chi connectivity index (χ0v) is 13.5. The Labute approximate surface area is 130 Å². The quantitative estimate of drug-likeness (QED) is 0.756. The van der Waals surface area contributed by atoms with E-state index in [1.165, 1.54) is 9.13 Å². The molecule has 2 heterocycles. The van der Waals surface area contributed by atoms with Gasteiger partial charge in [-0.1, -0.05) is 19.8 Å². The third-order valence-electron chi connectivity index (χ3n) is 4.16. The summed E-state index contributed by atoms with van der Waals surface area (Å²) < 4.78 is 8.02. The molecule has 1 aliphatic heterocycles. The molecule has 7 heteroatoms. The molecule has 0 spiro atoms. The predicted molar refractivity (Wildman–Crippen MR) is 86.0 cm³/mol. The van der Waals surface area contributed by atoms with Crippen LogP contribution in [0.3, 0.4) is 0 Å². The average Bonchev–Trinajstić information content (AvgIpc) is 2.54. The van der Waals surface area contributed by atoms with Crippen LogP contribution >= 0.6 is 0 Å². The number of anilines is 1. The summed E-state index contributed by atoms with van der Waals surface area (Å²) in [4.78, 5) is 27.0. The van der Waals surface area contributed by atoms with Crippen molar-refractivity contribution in [2.24, 2.45) is 7.05 Å². The van der Waals surface area contributed by atoms with E-state index < -0.39 is 0 Å². The molecular formula is C15H26N4O3. The molecule has 0 radical (unpaired) electrons. The maximum atomic E-state index is 12.6. The van der Waals surface area contributed by atoms with Gasteiger partial charge in [-0.05, 0) is 6.42 Å². The van der Waals surface area contributed by atoms with Gasteiger partial charge >= 0.3 is 5.69 Å². The van der Waals surface area contributed by atoms with Crippen molar-refractivity contribution < 1.29 is 4.74 Å². The second-order valence-electron chi connectivity index (χ2n) is 5.76. The summed E-state index contributed by atoms with van der Waals surface area (Å²) in [6.45, 7) is 5.89. The number of unbranched alkanes of at least 4 members (excludes halogenated alkanes) is 2. The van der Waals surface area contributed by atoms with Crippen LogP contribution in [-0.2, 0) is 24.9 Å². The molecule has 0 unspecified atom stereocenters. The minimum Gasteiger partial charge on any atom is -0.385 e. The molecule has 2 N–H and O–H groups in total. The van der Waals surface area contributed by atoms with Gasteiger partial charge in [0, 0.05) is 33.2 Å². The zero-order chi connectivity index (χ0) is 16.1. The van der Waals surface area contributed by atoms with Crippen molar-refractivity contribution in [1.29, 1.82) is 0 Å². The van der Waals surface area contributed by atoms with Gasteiger partial charge in [-0.3, -0.25) is 18.8 Å². The Bertz CT molecular complexity index is 614. The van der Waals surface area contributed by atoms with Gasteiger partial charge in [0.25, 0.3) is 5.56 Å². The second kappa shape index (κ2) is 7.60. The molecule has 0 saturated carbocycles. The topological polar surface area (TPSA) is 82.5 Å². The van der Waals surface area contributed by atoms with E-state index in [1.54, 1.807) is 7.05 Å². The Balaban J connectivity index is 2.31. The van der Waals surface area contributed by atoms with Crippen LogP contribution in [0.15, 0.2) is 9.59 Å². The molecule has 1 aromatic heterocycles. The number of nitrogens with zero attached hydrogens (tertiary/aromatic N) is 3. The summed E-state index contributed by atoms with van der Waals surface area (Å²) in [6.07, 6.45) is 2.87. The van der Waals surface area contributed by atoms with E-state index in [4.69, 9.17) is 10.5 Å². The maximum absolute atomic E-state index is 12.6. The van der Waals surface area contributed by atoms with Crippen molar-refractivity contribution in [2.45, 2.75) is 39.3 Å². The Morgan fingerprint density at radius 1 is 1.18 bits per heavy atom. The lowest BCUT2D eigenvalue weighted by molar-refractivity contribution is 0.0339. The summed E-state index contributed by atoms with van der Waals surface area (Å²) in [7, 11) is 1.62. The van der Waals surface area contributed by atoms with E-state index in [1.807, 2.05) is 0 Å². The predicted octanol–water partition coefficient (Wildman–Crippen LogP) is 0.152. The molecule has 7 nitrogen and oxygen atoms in total. The number of ether oxygens (including phenoxy) is 1. The lowest BCUT2D eigenvalue weighted by atomic mass is 10.2. The van der Waals surface area contributed by atoms with Gasteiger partial charge < -0.3 is 10.5 Å². The van der Waals surface area contributed by atoms with E-state index in [2.05, 4.69) is 11.8 Å². The minimum absolute atomic E-state index is 0.247. The standard InChI is InChI=1S/C15H26N4O3/c1-3-4-5-6-19-14(20)12(13(16)17(2)15(19)21)11-18-7-9-22-10-8-18/h3-11,16H2,1-2H3. The van der Waals surface area contributed by atoms with Crippen LogP contribution in [0.2, 0.25) is 0 Å². The largest absolute Gasteiger partial charge is 0.385 e. The molecular weight excluding hydrogens is 284 g/mol. The molecule has 0 aliphatic carbocycles. The number of nitrogens with two attached hydrogens (primary N) is 1. The Hall–Kier alpha value is -1.60. The lowest BCUT2D eigenvalue weighted by Gasteiger charge is -2.27. The van der Waals surface area contributed by atoms with Crippen LogP contribution in [0.5, 0.6) is 0 Å². The van der Waals surface area contributed by atoms with Gasteiger partial charge in [0.2, 0.25) is 0 Å². The van der Waals surface area contributed by atoms with Gasteiger partial charge in [0.15, 0.2) is 0 Å². The van der Waals surface area contributed by atoms with E-state index in [0.717, 1.165) is 32.4 Å². The van der Waals surface area contributed by atoms with Crippen LogP contribution in [-0.4, -0.2) is 40.3 Å². The highest BCUT2D eigenvalue weighted by Gasteiger charge is 2.19. The van der Waals surface area contributed by atoms with Crippen molar-refractivity contribution >= 4 is 5.82 Å². The molecule has 0 amide bonds. The van der Waals surface area contributed by atoms with Crippen molar-refractivity contribution in [3.63, 3.8) is 0 Å². The number of nitrogen functional groups attached to an aromatic ring is 1. The smallest absolute Gasteiger partial charge is 0.332 e. The van der Waals surface area contributed by atoms with Crippen molar-refractivity contribution in [3.8, 4) is 0 Å². The number of rotatable bonds is 6. The average molecular weight is 310 g/mol. The van der Waals surface area contributed by atoms with E-state index in [9.17, 15) is 9.59 Å². The fraction of sp³-hybridized carbons (Fsp3) is 0.733. The fourth-order valence-electron chi connectivity index (χ4n) is 2.69. The molecule has 1 aliphatic rings. The number of morpholine rings is 1. The summed E-state index contributed by atoms with van der Waals surface area (Å²) in [5.41, 5.74) is 5.95. The molecule has 1 aromatic rings. The Morgan fingerprint density at radius 2 is 1.86 bits per heavy atom.